The highest BCUT2D eigenvalue weighted by Gasteiger charge is 2.46. The van der Waals surface area contributed by atoms with Crippen molar-refractivity contribution >= 4 is 5.91 Å². The van der Waals surface area contributed by atoms with Gasteiger partial charge in [-0.1, -0.05) is 18.0 Å². The van der Waals surface area contributed by atoms with E-state index in [1.807, 2.05) is 24.0 Å². The maximum absolute atomic E-state index is 13.0. The lowest BCUT2D eigenvalue weighted by Crippen LogP contribution is -2.49. The Labute approximate surface area is 168 Å². The van der Waals surface area contributed by atoms with Crippen LogP contribution in [0.15, 0.2) is 35.1 Å². The van der Waals surface area contributed by atoms with Crippen molar-refractivity contribution in [3.8, 4) is 11.5 Å². The number of hydrogen-bond acceptors (Lipinski definition) is 6. The Bertz CT molecular complexity index is 1010. The quantitative estimate of drug-likeness (QED) is 0.716. The molecule has 4 heterocycles. The lowest BCUT2D eigenvalue weighted by molar-refractivity contribution is 0.0601. The maximum atomic E-state index is 13.0. The Morgan fingerprint density at radius 1 is 1.34 bits per heavy atom. The molecule has 1 aliphatic carbocycles. The van der Waals surface area contributed by atoms with Gasteiger partial charge in [0.25, 0.3) is 11.8 Å². The van der Waals surface area contributed by atoms with E-state index in [0.29, 0.717) is 29.9 Å². The van der Waals surface area contributed by atoms with Gasteiger partial charge in [-0.2, -0.15) is 10.1 Å². The van der Waals surface area contributed by atoms with Gasteiger partial charge in [-0.25, -0.2) is 0 Å². The minimum absolute atomic E-state index is 0.0351. The number of carbonyl (C=O) groups excluding carboxylic acids is 1. The molecular weight excluding hydrogens is 368 g/mol. The number of nitrogens with one attached hydrogen (secondary N) is 1. The van der Waals surface area contributed by atoms with Crippen molar-refractivity contribution in [2.45, 2.75) is 44.4 Å². The zero-order chi connectivity index (χ0) is 19.8. The standard InChI is InChI=1S/C21H24N6O2/c1-14-11-17(25-24-14)19(28)27-10-2-7-21(13-27,12-15-3-4-15)20-23-18(29-26-20)16-5-8-22-9-6-16/h5-6,8-9,11,15H,2-4,7,10,12-13H2,1H3,(H,24,25). The molecule has 2 aliphatic rings. The summed E-state index contributed by atoms with van der Waals surface area (Å²) in [5, 5.41) is 11.4. The molecule has 8 heteroatoms. The third kappa shape index (κ3) is 3.54. The van der Waals surface area contributed by atoms with Crippen LogP contribution < -0.4 is 0 Å². The molecule has 5 rings (SSSR count). The summed E-state index contributed by atoms with van der Waals surface area (Å²) in [5.74, 6) is 1.86. The SMILES string of the molecule is Cc1cc(C(=O)N2CCCC(CC3CC3)(c3noc(-c4ccncc4)n3)C2)n[nH]1. The number of nitrogens with zero attached hydrogens (tertiary/aromatic N) is 5. The fourth-order valence-corrected chi connectivity index (χ4v) is 4.36. The van der Waals surface area contributed by atoms with Gasteiger partial charge >= 0.3 is 0 Å². The molecule has 0 spiro atoms. The van der Waals surface area contributed by atoms with Crippen LogP contribution in [0.1, 0.15) is 54.1 Å². The van der Waals surface area contributed by atoms with Crippen molar-refractivity contribution in [2.24, 2.45) is 5.92 Å². The van der Waals surface area contributed by atoms with E-state index < -0.39 is 0 Å². The van der Waals surface area contributed by atoms with Crippen LogP contribution in [0.2, 0.25) is 0 Å². The molecule has 1 amide bonds. The molecule has 1 atom stereocenters. The summed E-state index contributed by atoms with van der Waals surface area (Å²) in [6.07, 6.45) is 8.78. The molecule has 2 fully saturated rings. The molecule has 150 valence electrons. The molecule has 3 aromatic heterocycles. The molecule has 3 aromatic rings. The summed E-state index contributed by atoms with van der Waals surface area (Å²) in [5.41, 5.74) is 1.94. The summed E-state index contributed by atoms with van der Waals surface area (Å²) < 4.78 is 5.60. The highest BCUT2D eigenvalue weighted by molar-refractivity contribution is 5.92. The van der Waals surface area contributed by atoms with Gasteiger partial charge in [0.1, 0.15) is 5.69 Å². The molecule has 0 aromatic carbocycles. The number of piperidine rings is 1. The largest absolute Gasteiger partial charge is 0.336 e. The first kappa shape index (κ1) is 18.0. The number of aromatic nitrogens is 5. The molecule has 29 heavy (non-hydrogen) atoms. The average Bonchev–Trinajstić information content (AvgIpc) is 3.23. The molecule has 1 unspecified atom stereocenters. The van der Waals surface area contributed by atoms with Crippen LogP contribution in [-0.2, 0) is 5.41 Å². The molecule has 0 bridgehead atoms. The Morgan fingerprint density at radius 3 is 2.90 bits per heavy atom. The highest BCUT2D eigenvalue weighted by Crippen LogP contribution is 2.46. The number of H-pyrrole nitrogens is 1. The number of aryl methyl sites for hydroxylation is 1. The van der Waals surface area contributed by atoms with Gasteiger partial charge in [0, 0.05) is 36.7 Å². The zero-order valence-corrected chi connectivity index (χ0v) is 16.5. The second-order valence-corrected chi connectivity index (χ2v) is 8.35. The average molecular weight is 392 g/mol. The minimum Gasteiger partial charge on any atom is -0.336 e. The molecule has 1 saturated carbocycles. The number of pyridine rings is 1. The number of aromatic amines is 1. The number of amides is 1. The normalized spacial score (nSPS) is 22.0. The molecule has 8 nitrogen and oxygen atoms in total. The molecule has 1 aliphatic heterocycles. The third-order valence-electron chi connectivity index (χ3n) is 5.99. The fraction of sp³-hybridized carbons (Fsp3) is 0.476. The molecule has 0 radical (unpaired) electrons. The van der Waals surface area contributed by atoms with Crippen LogP contribution in [0.25, 0.3) is 11.5 Å². The van der Waals surface area contributed by atoms with Crippen LogP contribution in [0.3, 0.4) is 0 Å². The van der Waals surface area contributed by atoms with Gasteiger partial charge in [0.15, 0.2) is 5.82 Å². The summed E-state index contributed by atoms with van der Waals surface area (Å²) in [7, 11) is 0. The van der Waals surface area contributed by atoms with Crippen LogP contribution in [-0.4, -0.2) is 49.2 Å². The smallest absolute Gasteiger partial charge is 0.274 e. The minimum atomic E-state index is -0.269. The monoisotopic (exact) mass is 392 g/mol. The first-order chi connectivity index (χ1) is 14.1. The highest BCUT2D eigenvalue weighted by atomic mass is 16.5. The predicted molar refractivity (Wildman–Crippen MR) is 105 cm³/mol. The van der Waals surface area contributed by atoms with Crippen molar-refractivity contribution in [1.82, 2.24) is 30.2 Å². The topological polar surface area (TPSA) is 101 Å². The van der Waals surface area contributed by atoms with E-state index in [1.165, 1.54) is 12.8 Å². The van der Waals surface area contributed by atoms with Crippen LogP contribution in [0, 0.1) is 12.8 Å². The maximum Gasteiger partial charge on any atom is 0.274 e. The van der Waals surface area contributed by atoms with E-state index in [1.54, 1.807) is 18.5 Å². The Balaban J connectivity index is 1.45. The van der Waals surface area contributed by atoms with Crippen LogP contribution >= 0.6 is 0 Å². The lowest BCUT2D eigenvalue weighted by Gasteiger charge is -2.41. The summed E-state index contributed by atoms with van der Waals surface area (Å²) in [6, 6.07) is 5.53. The van der Waals surface area contributed by atoms with Crippen LogP contribution in [0.5, 0.6) is 0 Å². The van der Waals surface area contributed by atoms with Crippen molar-refractivity contribution in [2.75, 3.05) is 13.1 Å². The zero-order valence-electron chi connectivity index (χ0n) is 16.5. The predicted octanol–water partition coefficient (Wildman–Crippen LogP) is 3.14. The van der Waals surface area contributed by atoms with Gasteiger partial charge in [0.05, 0.1) is 5.41 Å². The third-order valence-corrected chi connectivity index (χ3v) is 5.99. The van der Waals surface area contributed by atoms with E-state index >= 15 is 0 Å². The van der Waals surface area contributed by atoms with E-state index in [2.05, 4.69) is 20.3 Å². The first-order valence-corrected chi connectivity index (χ1v) is 10.2. The summed E-state index contributed by atoms with van der Waals surface area (Å²) >= 11 is 0. The Hall–Kier alpha value is -3.03. The molecule has 1 saturated heterocycles. The number of likely N-dealkylation sites (tertiary alicyclic amines) is 1. The van der Waals surface area contributed by atoms with Crippen molar-refractivity contribution in [1.29, 1.82) is 0 Å². The number of carbonyl (C=O) groups is 1. The van der Waals surface area contributed by atoms with E-state index in [4.69, 9.17) is 9.51 Å². The van der Waals surface area contributed by atoms with E-state index in [9.17, 15) is 4.79 Å². The van der Waals surface area contributed by atoms with Gasteiger partial charge in [-0.05, 0) is 50.3 Å². The van der Waals surface area contributed by atoms with Crippen molar-refractivity contribution < 1.29 is 9.32 Å². The van der Waals surface area contributed by atoms with Crippen molar-refractivity contribution in [3.05, 3.63) is 47.8 Å². The van der Waals surface area contributed by atoms with Gasteiger partial charge < -0.3 is 9.42 Å². The lowest BCUT2D eigenvalue weighted by atomic mass is 9.74. The molecule has 1 N–H and O–H groups in total. The van der Waals surface area contributed by atoms with Crippen molar-refractivity contribution in [3.63, 3.8) is 0 Å². The molecular formula is C21H24N6O2. The van der Waals surface area contributed by atoms with E-state index in [0.717, 1.165) is 37.1 Å². The van der Waals surface area contributed by atoms with Gasteiger partial charge in [-0.15, -0.1) is 0 Å². The second kappa shape index (κ2) is 7.09. The fourth-order valence-electron chi connectivity index (χ4n) is 4.36. The van der Waals surface area contributed by atoms with E-state index in [-0.39, 0.29) is 11.3 Å². The number of rotatable bonds is 5. The van der Waals surface area contributed by atoms with Crippen LogP contribution in [0.4, 0.5) is 0 Å². The Kier molecular flexibility index (Phi) is 4.41. The first-order valence-electron chi connectivity index (χ1n) is 10.2. The number of hydrogen-bond donors (Lipinski definition) is 1. The Morgan fingerprint density at radius 2 is 2.17 bits per heavy atom. The van der Waals surface area contributed by atoms with Gasteiger partial charge in [-0.3, -0.25) is 14.9 Å². The summed E-state index contributed by atoms with van der Waals surface area (Å²) in [6.45, 7) is 3.23. The van der Waals surface area contributed by atoms with Gasteiger partial charge in [0.2, 0.25) is 0 Å². The summed E-state index contributed by atoms with van der Waals surface area (Å²) in [4.78, 5) is 23.7. The second-order valence-electron chi connectivity index (χ2n) is 8.35.